The Morgan fingerprint density at radius 2 is 1.02 bits per heavy atom. The number of fused-ring (bicyclic) bond motifs is 7. The van der Waals surface area contributed by atoms with E-state index >= 15 is 0 Å². The molecule has 0 aliphatic carbocycles. The van der Waals surface area contributed by atoms with E-state index in [1.54, 1.807) is 0 Å². The van der Waals surface area contributed by atoms with Gasteiger partial charge in [0.1, 0.15) is 0 Å². The van der Waals surface area contributed by atoms with E-state index < -0.39 is 0 Å². The molecule has 11 rings (SSSR count). The summed E-state index contributed by atoms with van der Waals surface area (Å²) in [5.74, 6) is 1.21. The Bertz CT molecular complexity index is 3390. The second kappa shape index (κ2) is 15.1. The van der Waals surface area contributed by atoms with Gasteiger partial charge in [-0.3, -0.25) is 15.5 Å². The van der Waals surface area contributed by atoms with Crippen LogP contribution >= 0.6 is 0 Å². The van der Waals surface area contributed by atoms with Gasteiger partial charge in [0.25, 0.3) is 0 Å². The number of aliphatic imine (C=N–C) groups is 1. The third kappa shape index (κ3) is 6.42. The van der Waals surface area contributed by atoms with Gasteiger partial charge in [0, 0.05) is 55.0 Å². The predicted molar refractivity (Wildman–Crippen MR) is 251 cm³/mol. The summed E-state index contributed by atoms with van der Waals surface area (Å²) in [6, 6.07) is 72.2. The first-order chi connectivity index (χ1) is 30.2. The lowest BCUT2D eigenvalue weighted by molar-refractivity contribution is 1.08. The van der Waals surface area contributed by atoms with E-state index in [-0.39, 0.29) is 5.84 Å². The average molecular weight is 784 g/mol. The highest BCUT2D eigenvalue weighted by Gasteiger charge is 2.21. The standard InChI is InChI=1S/C54H37N7/c55-52(39-24-17-25-40(34-39)53-56-45(36-18-5-1-6-19-36)35-46(57-53)37-20-7-2-8-21-37)58-54(38-22-9-3-10-23-38)59-61-48-31-16-14-29-44(48)50-49(61)33-32-43-42-28-13-15-30-47(42)60(51(43)50)41-26-11-4-12-27-41/h1-35H,(H2,55,58,59). The van der Waals surface area contributed by atoms with E-state index in [1.807, 2.05) is 97.1 Å². The third-order valence-corrected chi connectivity index (χ3v) is 11.2. The first-order valence-corrected chi connectivity index (χ1v) is 20.3. The Hall–Kier alpha value is -8.42. The van der Waals surface area contributed by atoms with E-state index in [9.17, 15) is 5.41 Å². The van der Waals surface area contributed by atoms with Gasteiger partial charge in [0.05, 0.1) is 33.5 Å². The van der Waals surface area contributed by atoms with Gasteiger partial charge in [-0.25, -0.2) is 15.0 Å². The van der Waals surface area contributed by atoms with Crippen LogP contribution in [0.1, 0.15) is 11.1 Å². The summed E-state index contributed by atoms with van der Waals surface area (Å²) < 4.78 is 4.49. The van der Waals surface area contributed by atoms with Gasteiger partial charge in [-0.05, 0) is 42.5 Å². The summed E-state index contributed by atoms with van der Waals surface area (Å²) in [6.45, 7) is 0. The first-order valence-electron chi connectivity index (χ1n) is 20.3. The van der Waals surface area contributed by atoms with E-state index in [0.717, 1.165) is 72.2 Å². The van der Waals surface area contributed by atoms with Crippen LogP contribution in [0.4, 0.5) is 0 Å². The highest BCUT2D eigenvalue weighted by Crippen LogP contribution is 2.40. The Kier molecular flexibility index (Phi) is 8.82. The van der Waals surface area contributed by atoms with Crippen molar-refractivity contribution in [3.05, 3.63) is 223 Å². The zero-order valence-electron chi connectivity index (χ0n) is 32.9. The normalized spacial score (nSPS) is 11.8. The molecular formula is C54H37N7. The monoisotopic (exact) mass is 783 g/mol. The van der Waals surface area contributed by atoms with Crippen molar-refractivity contribution in [2.45, 2.75) is 0 Å². The second-order valence-electron chi connectivity index (χ2n) is 15.0. The van der Waals surface area contributed by atoms with Gasteiger partial charge < -0.3 is 4.57 Å². The van der Waals surface area contributed by atoms with E-state index in [0.29, 0.717) is 17.2 Å². The molecule has 8 aromatic carbocycles. The molecule has 7 nitrogen and oxygen atoms in total. The quantitative estimate of drug-likeness (QED) is 0.125. The predicted octanol–water partition coefficient (Wildman–Crippen LogP) is 12.7. The number of aromatic nitrogens is 4. The molecule has 0 saturated heterocycles. The van der Waals surface area contributed by atoms with Crippen LogP contribution in [0.2, 0.25) is 0 Å². The summed E-state index contributed by atoms with van der Waals surface area (Å²) in [6.07, 6.45) is 0. The van der Waals surface area contributed by atoms with Gasteiger partial charge in [0.2, 0.25) is 0 Å². The Labute approximate surface area is 352 Å². The number of nitrogens with zero attached hydrogens (tertiary/aromatic N) is 5. The maximum absolute atomic E-state index is 9.49. The summed E-state index contributed by atoms with van der Waals surface area (Å²) in [4.78, 5) is 15.1. The molecule has 0 fully saturated rings. The molecule has 2 N–H and O–H groups in total. The third-order valence-electron chi connectivity index (χ3n) is 11.2. The molecule has 0 unspecified atom stereocenters. The van der Waals surface area contributed by atoms with Crippen LogP contribution in [-0.4, -0.2) is 30.9 Å². The lowest BCUT2D eigenvalue weighted by Crippen LogP contribution is -2.25. The van der Waals surface area contributed by atoms with Crippen LogP contribution in [0.3, 0.4) is 0 Å². The van der Waals surface area contributed by atoms with Crippen molar-refractivity contribution in [2.24, 2.45) is 4.99 Å². The molecule has 0 radical (unpaired) electrons. The van der Waals surface area contributed by atoms with Gasteiger partial charge in [0.15, 0.2) is 17.5 Å². The molecule has 0 aliphatic heterocycles. The topological polar surface area (TPSA) is 83.9 Å². The minimum Gasteiger partial charge on any atom is -0.309 e. The van der Waals surface area contributed by atoms with Crippen LogP contribution in [0.15, 0.2) is 217 Å². The van der Waals surface area contributed by atoms with Crippen molar-refractivity contribution in [3.63, 3.8) is 0 Å². The maximum Gasteiger partial charge on any atom is 0.160 e. The van der Waals surface area contributed by atoms with Crippen molar-refractivity contribution in [3.8, 4) is 39.6 Å². The Morgan fingerprint density at radius 3 is 1.70 bits per heavy atom. The van der Waals surface area contributed by atoms with Gasteiger partial charge in [-0.1, -0.05) is 170 Å². The minimum atomic E-state index is 0.100. The number of rotatable bonds is 7. The zero-order chi connectivity index (χ0) is 40.7. The van der Waals surface area contributed by atoms with Crippen molar-refractivity contribution in [1.29, 1.82) is 5.41 Å². The summed E-state index contributed by atoms with van der Waals surface area (Å²) >= 11 is 0. The van der Waals surface area contributed by atoms with Crippen LogP contribution in [0, 0.1) is 5.41 Å². The van der Waals surface area contributed by atoms with Crippen molar-refractivity contribution in [1.82, 2.24) is 19.2 Å². The highest BCUT2D eigenvalue weighted by atomic mass is 15.4. The molecule has 0 atom stereocenters. The molecule has 11 aromatic rings. The SMILES string of the molecule is N=C(/N=C(\Nn1c2ccccc2c2c1ccc1c3ccccc3n(-c3ccccc3)c12)c1ccccc1)c1cccc(-c2nc(-c3ccccc3)cc(-c3ccccc3)n2)c1. The fraction of sp³-hybridized carbons (Fsp3) is 0. The van der Waals surface area contributed by atoms with Gasteiger partial charge in [-0.2, -0.15) is 0 Å². The molecule has 0 bridgehead atoms. The van der Waals surface area contributed by atoms with Crippen molar-refractivity contribution >= 4 is 55.3 Å². The summed E-state index contributed by atoms with van der Waals surface area (Å²) in [5, 5.41) is 14.1. The van der Waals surface area contributed by atoms with Gasteiger partial charge in [-0.15, -0.1) is 0 Å². The fourth-order valence-electron chi connectivity index (χ4n) is 8.40. The average Bonchev–Trinajstić information content (AvgIpc) is 3.84. The van der Waals surface area contributed by atoms with E-state index in [2.05, 4.69) is 130 Å². The Balaban J connectivity index is 1.05. The molecule has 3 aromatic heterocycles. The number of benzene rings is 8. The number of nitrogens with one attached hydrogen (secondary N) is 2. The van der Waals surface area contributed by atoms with Crippen LogP contribution in [0.25, 0.3) is 83.2 Å². The van der Waals surface area contributed by atoms with Crippen LogP contribution in [-0.2, 0) is 0 Å². The lowest BCUT2D eigenvalue weighted by atomic mass is 10.1. The molecule has 61 heavy (non-hydrogen) atoms. The van der Waals surface area contributed by atoms with Crippen LogP contribution < -0.4 is 5.43 Å². The van der Waals surface area contributed by atoms with E-state index in [4.69, 9.17) is 15.0 Å². The van der Waals surface area contributed by atoms with Crippen LogP contribution in [0.5, 0.6) is 0 Å². The maximum atomic E-state index is 9.49. The molecule has 7 heteroatoms. The fourth-order valence-corrected chi connectivity index (χ4v) is 8.40. The lowest BCUT2D eigenvalue weighted by Gasteiger charge is -2.15. The molecular weight excluding hydrogens is 747 g/mol. The number of amidine groups is 2. The number of para-hydroxylation sites is 3. The summed E-state index contributed by atoms with van der Waals surface area (Å²) in [7, 11) is 0. The molecule has 0 aliphatic rings. The highest BCUT2D eigenvalue weighted by molar-refractivity contribution is 6.26. The molecule has 0 spiro atoms. The molecule has 3 heterocycles. The van der Waals surface area contributed by atoms with Crippen molar-refractivity contribution < 1.29 is 0 Å². The second-order valence-corrected chi connectivity index (χ2v) is 15.0. The van der Waals surface area contributed by atoms with E-state index in [1.165, 1.54) is 10.8 Å². The largest absolute Gasteiger partial charge is 0.309 e. The summed E-state index contributed by atoms with van der Waals surface area (Å²) in [5.41, 5.74) is 15.0. The first kappa shape index (κ1) is 35.7. The number of hydrogen-bond donors (Lipinski definition) is 2. The van der Waals surface area contributed by atoms with Crippen molar-refractivity contribution in [2.75, 3.05) is 5.43 Å². The Morgan fingerprint density at radius 1 is 0.459 bits per heavy atom. The molecule has 0 saturated carbocycles. The molecule has 288 valence electrons. The number of hydrogen-bond acceptors (Lipinski definition) is 3. The van der Waals surface area contributed by atoms with Gasteiger partial charge >= 0.3 is 0 Å². The minimum absolute atomic E-state index is 0.100. The molecule has 0 amide bonds. The zero-order valence-corrected chi connectivity index (χ0v) is 32.9. The smallest absolute Gasteiger partial charge is 0.160 e.